The van der Waals surface area contributed by atoms with Gasteiger partial charge in [-0.1, -0.05) is 47.5 Å². The van der Waals surface area contributed by atoms with Crippen molar-refractivity contribution >= 4 is 39.7 Å². The van der Waals surface area contributed by atoms with Gasteiger partial charge in [-0.25, -0.2) is 13.8 Å². The first-order valence-electron chi connectivity index (χ1n) is 10.8. The molecular formula is C25H25ClN4O5S. The largest absolute Gasteiger partial charge is 0.459 e. The Kier molecular flexibility index (Phi) is 9.18. The van der Waals surface area contributed by atoms with Crippen LogP contribution < -0.4 is 10.7 Å². The predicted octanol–water partition coefficient (Wildman–Crippen LogP) is 3.38. The number of carbonyl (C=O) groups is 2. The van der Waals surface area contributed by atoms with Gasteiger partial charge in [0.05, 0.1) is 17.7 Å². The van der Waals surface area contributed by atoms with Gasteiger partial charge >= 0.3 is 11.8 Å². The molecule has 1 aromatic heterocycles. The Hall–Kier alpha value is -3.73. The van der Waals surface area contributed by atoms with Crippen LogP contribution in [0, 0.1) is 6.92 Å². The van der Waals surface area contributed by atoms with E-state index in [0.717, 1.165) is 11.1 Å². The average Bonchev–Trinajstić information content (AvgIpc) is 3.30. The van der Waals surface area contributed by atoms with Gasteiger partial charge in [0, 0.05) is 18.1 Å². The SMILES string of the molecule is C=CCNC(=O)C(=O)N/N=C/c1ccc(CN(Cc2ccc(Cl)cc2)S(=O)(=O)c2ccc(C)cc2)o1. The summed E-state index contributed by atoms with van der Waals surface area (Å²) in [6.07, 6.45) is 2.65. The first-order chi connectivity index (χ1) is 17.2. The molecule has 2 N–H and O–H groups in total. The van der Waals surface area contributed by atoms with Gasteiger partial charge in [0.25, 0.3) is 0 Å². The first kappa shape index (κ1) is 26.9. The number of furan rings is 1. The number of hydrogen-bond acceptors (Lipinski definition) is 6. The highest BCUT2D eigenvalue weighted by Crippen LogP contribution is 2.23. The molecule has 0 fully saturated rings. The highest BCUT2D eigenvalue weighted by molar-refractivity contribution is 7.89. The zero-order valence-corrected chi connectivity index (χ0v) is 21.1. The number of benzene rings is 2. The van der Waals surface area contributed by atoms with Crippen molar-refractivity contribution in [2.24, 2.45) is 5.10 Å². The molecule has 0 aliphatic heterocycles. The Labute approximate surface area is 214 Å². The Morgan fingerprint density at radius 1 is 1.03 bits per heavy atom. The fraction of sp³-hybridized carbons (Fsp3) is 0.160. The van der Waals surface area contributed by atoms with Gasteiger partial charge in [0.2, 0.25) is 10.0 Å². The van der Waals surface area contributed by atoms with E-state index in [1.807, 2.05) is 6.92 Å². The van der Waals surface area contributed by atoms with Crippen LogP contribution in [0.1, 0.15) is 22.6 Å². The number of amides is 2. The normalized spacial score (nSPS) is 11.5. The van der Waals surface area contributed by atoms with Gasteiger partial charge in [-0.3, -0.25) is 9.59 Å². The zero-order chi connectivity index (χ0) is 26.1. The Bertz CT molecular complexity index is 1350. The van der Waals surface area contributed by atoms with E-state index >= 15 is 0 Å². The maximum atomic E-state index is 13.5. The molecule has 36 heavy (non-hydrogen) atoms. The lowest BCUT2D eigenvalue weighted by molar-refractivity contribution is -0.139. The molecule has 2 aromatic carbocycles. The minimum atomic E-state index is -3.86. The minimum absolute atomic E-state index is 0.0526. The summed E-state index contributed by atoms with van der Waals surface area (Å²) < 4.78 is 33.9. The first-order valence-corrected chi connectivity index (χ1v) is 12.6. The van der Waals surface area contributed by atoms with Crippen molar-refractivity contribution in [3.8, 4) is 0 Å². The maximum absolute atomic E-state index is 13.5. The van der Waals surface area contributed by atoms with E-state index in [0.29, 0.717) is 10.8 Å². The molecule has 2 amide bonds. The smallest absolute Gasteiger partial charge is 0.329 e. The van der Waals surface area contributed by atoms with Crippen LogP contribution in [-0.4, -0.2) is 37.3 Å². The number of hydrogen-bond donors (Lipinski definition) is 2. The number of aryl methyl sites for hydroxylation is 1. The summed E-state index contributed by atoms with van der Waals surface area (Å²) in [4.78, 5) is 23.4. The van der Waals surface area contributed by atoms with Crippen LogP contribution in [0.4, 0.5) is 0 Å². The molecule has 0 saturated carbocycles. The van der Waals surface area contributed by atoms with Crippen molar-refractivity contribution in [1.82, 2.24) is 15.0 Å². The van der Waals surface area contributed by atoms with Crippen LogP contribution in [0.15, 0.2) is 87.7 Å². The summed E-state index contributed by atoms with van der Waals surface area (Å²) in [7, 11) is -3.86. The number of rotatable bonds is 10. The molecular weight excluding hydrogens is 504 g/mol. The number of halogens is 1. The molecule has 0 aliphatic rings. The minimum Gasteiger partial charge on any atom is -0.459 e. The number of hydrazone groups is 1. The van der Waals surface area contributed by atoms with E-state index in [1.54, 1.807) is 60.7 Å². The fourth-order valence-corrected chi connectivity index (χ4v) is 4.57. The molecule has 188 valence electrons. The lowest BCUT2D eigenvalue weighted by atomic mass is 10.2. The highest BCUT2D eigenvalue weighted by Gasteiger charge is 2.26. The third-order valence-corrected chi connectivity index (χ3v) is 6.97. The summed E-state index contributed by atoms with van der Waals surface area (Å²) >= 11 is 5.97. The third kappa shape index (κ3) is 7.38. The Morgan fingerprint density at radius 2 is 1.72 bits per heavy atom. The van der Waals surface area contributed by atoms with Crippen molar-refractivity contribution in [3.05, 3.63) is 101 Å². The maximum Gasteiger partial charge on any atom is 0.329 e. The second-order valence-corrected chi connectivity index (χ2v) is 10.1. The van der Waals surface area contributed by atoms with E-state index in [1.165, 1.54) is 16.6 Å². The summed E-state index contributed by atoms with van der Waals surface area (Å²) in [6, 6.07) is 16.7. The predicted molar refractivity (Wildman–Crippen MR) is 137 cm³/mol. The fourth-order valence-electron chi connectivity index (χ4n) is 3.05. The monoisotopic (exact) mass is 528 g/mol. The standard InChI is InChI=1S/C25H25ClN4O5S/c1-3-14-27-24(31)25(32)29-28-15-21-10-11-22(35-21)17-30(16-19-6-8-20(26)9-7-19)36(33,34)23-12-4-18(2)5-13-23/h3-13,15H,1,14,16-17H2,2H3,(H,27,31)(H,29,32)/b28-15+. The second-order valence-electron chi connectivity index (χ2n) is 7.71. The second kappa shape index (κ2) is 12.3. The molecule has 3 aromatic rings. The van der Waals surface area contributed by atoms with Crippen LogP contribution in [0.2, 0.25) is 5.02 Å². The summed E-state index contributed by atoms with van der Waals surface area (Å²) in [5, 5.41) is 6.57. The van der Waals surface area contributed by atoms with Gasteiger partial charge in [0.1, 0.15) is 11.5 Å². The Balaban J connectivity index is 1.76. The molecule has 11 heteroatoms. The molecule has 1 heterocycles. The van der Waals surface area contributed by atoms with Crippen LogP contribution in [0.25, 0.3) is 0 Å². The van der Waals surface area contributed by atoms with Crippen LogP contribution in [-0.2, 0) is 32.7 Å². The lowest BCUT2D eigenvalue weighted by Crippen LogP contribution is -2.37. The van der Waals surface area contributed by atoms with E-state index in [4.69, 9.17) is 16.0 Å². The third-order valence-electron chi connectivity index (χ3n) is 4.92. The van der Waals surface area contributed by atoms with Gasteiger partial charge in [-0.2, -0.15) is 9.41 Å². The van der Waals surface area contributed by atoms with Crippen molar-refractivity contribution in [1.29, 1.82) is 0 Å². The zero-order valence-electron chi connectivity index (χ0n) is 19.5. The molecule has 0 aliphatic carbocycles. The van der Waals surface area contributed by atoms with Gasteiger partial charge in [0.15, 0.2) is 0 Å². The van der Waals surface area contributed by atoms with E-state index in [9.17, 15) is 18.0 Å². The average molecular weight is 529 g/mol. The molecule has 0 spiro atoms. The van der Waals surface area contributed by atoms with Crippen molar-refractivity contribution in [2.45, 2.75) is 24.9 Å². The number of nitrogens with one attached hydrogen (secondary N) is 2. The lowest BCUT2D eigenvalue weighted by Gasteiger charge is -2.21. The van der Waals surface area contributed by atoms with E-state index < -0.39 is 21.8 Å². The van der Waals surface area contributed by atoms with Crippen molar-refractivity contribution in [3.63, 3.8) is 0 Å². The van der Waals surface area contributed by atoms with Crippen LogP contribution in [0.3, 0.4) is 0 Å². The molecule has 3 rings (SSSR count). The Morgan fingerprint density at radius 3 is 2.39 bits per heavy atom. The molecule has 0 saturated heterocycles. The van der Waals surface area contributed by atoms with Crippen molar-refractivity contribution in [2.75, 3.05) is 6.54 Å². The number of carbonyl (C=O) groups excluding carboxylic acids is 2. The summed E-state index contributed by atoms with van der Waals surface area (Å²) in [6.45, 7) is 5.51. The highest BCUT2D eigenvalue weighted by atomic mass is 35.5. The van der Waals surface area contributed by atoms with Gasteiger partial charge in [-0.15, -0.1) is 6.58 Å². The van der Waals surface area contributed by atoms with Gasteiger partial charge in [-0.05, 0) is 48.9 Å². The molecule has 0 bridgehead atoms. The molecule has 0 radical (unpaired) electrons. The number of nitrogens with zero attached hydrogens (tertiary/aromatic N) is 2. The molecule has 0 unspecified atom stereocenters. The van der Waals surface area contributed by atoms with Crippen molar-refractivity contribution < 1.29 is 22.4 Å². The van der Waals surface area contributed by atoms with E-state index in [2.05, 4.69) is 22.4 Å². The van der Waals surface area contributed by atoms with Gasteiger partial charge < -0.3 is 9.73 Å². The summed E-state index contributed by atoms with van der Waals surface area (Å²) in [5.74, 6) is -1.18. The summed E-state index contributed by atoms with van der Waals surface area (Å²) in [5.41, 5.74) is 3.78. The van der Waals surface area contributed by atoms with E-state index in [-0.39, 0.29) is 30.3 Å². The molecule has 0 atom stereocenters. The topological polar surface area (TPSA) is 121 Å². The van der Waals surface area contributed by atoms with Crippen LogP contribution >= 0.6 is 11.6 Å². The molecule has 9 nitrogen and oxygen atoms in total. The number of sulfonamides is 1. The van der Waals surface area contributed by atoms with Crippen LogP contribution in [0.5, 0.6) is 0 Å². The quantitative estimate of drug-likeness (QED) is 0.181.